The Morgan fingerprint density at radius 1 is 1.30 bits per heavy atom. The first-order chi connectivity index (χ1) is 9.35. The van der Waals surface area contributed by atoms with Crippen molar-refractivity contribution in [3.63, 3.8) is 0 Å². The number of nitrogens with one attached hydrogen (secondary N) is 2. The third-order valence-electron chi connectivity index (χ3n) is 3.52. The molecule has 6 nitrogen and oxygen atoms in total. The molecule has 0 spiro atoms. The molecule has 0 bridgehead atoms. The lowest BCUT2D eigenvalue weighted by Crippen LogP contribution is -2.35. The Morgan fingerprint density at radius 3 is 2.90 bits per heavy atom. The lowest BCUT2D eigenvalue weighted by Gasteiger charge is -2.09. The van der Waals surface area contributed by atoms with Crippen molar-refractivity contribution in [2.75, 3.05) is 20.6 Å². The van der Waals surface area contributed by atoms with E-state index in [1.54, 1.807) is 7.05 Å². The van der Waals surface area contributed by atoms with Crippen molar-refractivity contribution in [2.45, 2.75) is 45.1 Å². The first-order valence-electron chi connectivity index (χ1n) is 7.14. The smallest absolute Gasteiger partial charge is 0.190 e. The van der Waals surface area contributed by atoms with Crippen LogP contribution in [0.1, 0.15) is 37.3 Å². The molecular formula is C13H25IN6. The highest BCUT2D eigenvalue weighted by Crippen LogP contribution is 2.15. The van der Waals surface area contributed by atoms with E-state index in [0.717, 1.165) is 44.1 Å². The van der Waals surface area contributed by atoms with Crippen molar-refractivity contribution in [3.8, 4) is 0 Å². The van der Waals surface area contributed by atoms with Crippen LogP contribution in [0.4, 0.5) is 0 Å². The van der Waals surface area contributed by atoms with Crippen LogP contribution in [0.5, 0.6) is 0 Å². The van der Waals surface area contributed by atoms with E-state index >= 15 is 0 Å². The SMILES string of the molecule is CN=C(NC)NCCCc1nnc2n1CCCCC2.I. The van der Waals surface area contributed by atoms with Gasteiger partial charge in [0.25, 0.3) is 0 Å². The van der Waals surface area contributed by atoms with E-state index in [1.807, 2.05) is 7.05 Å². The molecule has 0 amide bonds. The van der Waals surface area contributed by atoms with Crippen molar-refractivity contribution in [1.82, 2.24) is 25.4 Å². The van der Waals surface area contributed by atoms with Crippen LogP contribution in [0.25, 0.3) is 0 Å². The minimum Gasteiger partial charge on any atom is -0.359 e. The average Bonchev–Trinajstić information content (AvgIpc) is 2.67. The number of aryl methyl sites for hydroxylation is 2. The van der Waals surface area contributed by atoms with Gasteiger partial charge in [-0.1, -0.05) is 6.42 Å². The topological polar surface area (TPSA) is 67.1 Å². The van der Waals surface area contributed by atoms with E-state index in [0.29, 0.717) is 0 Å². The van der Waals surface area contributed by atoms with Crippen LogP contribution in [0.15, 0.2) is 4.99 Å². The highest BCUT2D eigenvalue weighted by molar-refractivity contribution is 14.0. The van der Waals surface area contributed by atoms with Gasteiger partial charge >= 0.3 is 0 Å². The summed E-state index contributed by atoms with van der Waals surface area (Å²) in [6.07, 6.45) is 6.90. The molecule has 0 radical (unpaired) electrons. The van der Waals surface area contributed by atoms with Crippen molar-refractivity contribution < 1.29 is 0 Å². The predicted molar refractivity (Wildman–Crippen MR) is 91.7 cm³/mol. The van der Waals surface area contributed by atoms with Crippen LogP contribution >= 0.6 is 24.0 Å². The third-order valence-corrected chi connectivity index (χ3v) is 3.52. The minimum atomic E-state index is 0. The molecule has 0 unspecified atom stereocenters. The Morgan fingerprint density at radius 2 is 2.15 bits per heavy atom. The second kappa shape index (κ2) is 9.15. The number of guanidine groups is 1. The second-order valence-corrected chi connectivity index (χ2v) is 4.85. The monoisotopic (exact) mass is 392 g/mol. The maximum absolute atomic E-state index is 4.34. The molecule has 0 saturated carbocycles. The number of rotatable bonds is 4. The molecule has 1 aliphatic heterocycles. The number of fused-ring (bicyclic) bond motifs is 1. The van der Waals surface area contributed by atoms with Crippen LogP contribution in [-0.4, -0.2) is 41.4 Å². The van der Waals surface area contributed by atoms with Crippen LogP contribution in [-0.2, 0) is 19.4 Å². The standard InChI is InChI=1S/C13H24N6.HI/c1-14-13(15-2)16-9-6-8-12-18-17-11-7-4-3-5-10-19(11)12;/h3-10H2,1-2H3,(H2,14,15,16);1H. The maximum Gasteiger partial charge on any atom is 0.190 e. The lowest BCUT2D eigenvalue weighted by atomic mass is 10.2. The third kappa shape index (κ3) is 4.60. The Labute approximate surface area is 137 Å². The summed E-state index contributed by atoms with van der Waals surface area (Å²) in [5, 5.41) is 14.9. The van der Waals surface area contributed by atoms with Crippen molar-refractivity contribution >= 4 is 29.9 Å². The van der Waals surface area contributed by atoms with Gasteiger partial charge in [-0.2, -0.15) is 0 Å². The van der Waals surface area contributed by atoms with E-state index in [-0.39, 0.29) is 24.0 Å². The lowest BCUT2D eigenvalue weighted by molar-refractivity contribution is 0.594. The highest BCUT2D eigenvalue weighted by atomic mass is 127. The van der Waals surface area contributed by atoms with E-state index in [4.69, 9.17) is 0 Å². The normalized spacial score (nSPS) is 15.0. The van der Waals surface area contributed by atoms with E-state index in [9.17, 15) is 0 Å². The summed E-state index contributed by atoms with van der Waals surface area (Å²) in [6.45, 7) is 1.99. The fraction of sp³-hybridized carbons (Fsp3) is 0.769. The van der Waals surface area contributed by atoms with Gasteiger partial charge in [0.05, 0.1) is 0 Å². The molecule has 2 rings (SSSR count). The Balaban J connectivity index is 0.00000200. The van der Waals surface area contributed by atoms with Crippen molar-refractivity contribution in [1.29, 1.82) is 0 Å². The Hall–Kier alpha value is -0.860. The number of nitrogens with zero attached hydrogens (tertiary/aromatic N) is 4. The number of halogens is 1. The van der Waals surface area contributed by atoms with Crippen molar-refractivity contribution in [3.05, 3.63) is 11.6 Å². The molecule has 0 aliphatic carbocycles. The summed E-state index contributed by atoms with van der Waals surface area (Å²) >= 11 is 0. The van der Waals surface area contributed by atoms with Gasteiger partial charge in [-0.3, -0.25) is 4.99 Å². The summed E-state index contributed by atoms with van der Waals surface area (Å²) < 4.78 is 2.32. The van der Waals surface area contributed by atoms with Gasteiger partial charge in [-0.05, 0) is 19.3 Å². The van der Waals surface area contributed by atoms with Gasteiger partial charge < -0.3 is 15.2 Å². The van der Waals surface area contributed by atoms with Crippen LogP contribution in [0.2, 0.25) is 0 Å². The molecule has 20 heavy (non-hydrogen) atoms. The van der Waals surface area contributed by atoms with Crippen LogP contribution in [0, 0.1) is 0 Å². The number of hydrogen-bond donors (Lipinski definition) is 2. The van der Waals surface area contributed by atoms with Crippen LogP contribution < -0.4 is 10.6 Å². The fourth-order valence-corrected chi connectivity index (χ4v) is 2.46. The van der Waals surface area contributed by atoms with Crippen LogP contribution in [0.3, 0.4) is 0 Å². The zero-order valence-corrected chi connectivity index (χ0v) is 14.7. The van der Waals surface area contributed by atoms with Gasteiger partial charge in [-0.25, -0.2) is 0 Å². The average molecular weight is 392 g/mol. The molecule has 1 aliphatic rings. The van der Waals surface area contributed by atoms with Gasteiger partial charge in [0.15, 0.2) is 5.96 Å². The van der Waals surface area contributed by atoms with E-state index in [2.05, 4.69) is 30.4 Å². The molecule has 0 saturated heterocycles. The molecule has 1 aromatic rings. The predicted octanol–water partition coefficient (Wildman–Crippen LogP) is 1.35. The van der Waals surface area contributed by atoms with E-state index < -0.39 is 0 Å². The number of aromatic nitrogens is 3. The summed E-state index contributed by atoms with van der Waals surface area (Å²) in [5.41, 5.74) is 0. The van der Waals surface area contributed by atoms with Gasteiger partial charge in [0, 0.05) is 40.0 Å². The fourth-order valence-electron chi connectivity index (χ4n) is 2.46. The largest absolute Gasteiger partial charge is 0.359 e. The maximum atomic E-state index is 4.34. The Bertz CT molecular complexity index is 428. The highest BCUT2D eigenvalue weighted by Gasteiger charge is 2.13. The summed E-state index contributed by atoms with van der Waals surface area (Å²) in [4.78, 5) is 4.08. The van der Waals surface area contributed by atoms with Gasteiger partial charge in [-0.15, -0.1) is 34.2 Å². The second-order valence-electron chi connectivity index (χ2n) is 4.85. The van der Waals surface area contributed by atoms with Gasteiger partial charge in [0.2, 0.25) is 0 Å². The first-order valence-corrected chi connectivity index (χ1v) is 7.14. The van der Waals surface area contributed by atoms with E-state index in [1.165, 1.54) is 25.1 Å². The summed E-state index contributed by atoms with van der Waals surface area (Å²) in [6, 6.07) is 0. The van der Waals surface area contributed by atoms with Gasteiger partial charge in [0.1, 0.15) is 11.6 Å². The molecule has 0 atom stereocenters. The summed E-state index contributed by atoms with van der Waals surface area (Å²) in [7, 11) is 3.64. The van der Waals surface area contributed by atoms with Crippen molar-refractivity contribution in [2.24, 2.45) is 4.99 Å². The molecule has 0 fully saturated rings. The quantitative estimate of drug-likeness (QED) is 0.351. The summed E-state index contributed by atoms with van der Waals surface area (Å²) in [5.74, 6) is 3.14. The molecule has 0 aromatic carbocycles. The molecular weight excluding hydrogens is 367 g/mol. The molecule has 7 heteroatoms. The molecule has 2 heterocycles. The first kappa shape index (κ1) is 17.2. The zero-order chi connectivity index (χ0) is 13.5. The minimum absolute atomic E-state index is 0. The molecule has 2 N–H and O–H groups in total. The number of aliphatic imine (C=N–C) groups is 1. The molecule has 1 aromatic heterocycles. The Kier molecular flexibility index (Phi) is 7.86. The number of hydrogen-bond acceptors (Lipinski definition) is 3. The molecule has 114 valence electrons. The zero-order valence-electron chi connectivity index (χ0n) is 12.4.